The van der Waals surface area contributed by atoms with Gasteiger partial charge in [0.05, 0.1) is 19.0 Å². The van der Waals surface area contributed by atoms with Gasteiger partial charge < -0.3 is 10.1 Å². The third-order valence-corrected chi connectivity index (χ3v) is 4.71. The van der Waals surface area contributed by atoms with Crippen molar-refractivity contribution in [1.29, 1.82) is 0 Å². The van der Waals surface area contributed by atoms with Crippen LogP contribution in [0.15, 0.2) is 48.7 Å². The van der Waals surface area contributed by atoms with Crippen LogP contribution in [0.4, 0.5) is 0 Å². The Morgan fingerprint density at radius 3 is 2.42 bits per heavy atom. The number of rotatable bonds is 4. The van der Waals surface area contributed by atoms with E-state index in [1.165, 1.54) is 5.56 Å². The maximum atomic E-state index is 11.6. The largest absolute Gasteiger partial charge is 0.495 e. The number of hydrogen-bond acceptors (Lipinski definition) is 3. The number of methoxy groups -OCH3 is 1. The van der Waals surface area contributed by atoms with Crippen LogP contribution in [-0.2, 0) is 10.2 Å². The van der Waals surface area contributed by atoms with Gasteiger partial charge in [-0.25, -0.2) is 0 Å². The Labute approximate surface area is 155 Å². The molecule has 0 spiro atoms. The third-order valence-electron chi connectivity index (χ3n) is 4.71. The molecule has 4 nitrogen and oxygen atoms in total. The number of pyridine rings is 1. The molecule has 2 heterocycles. The minimum absolute atomic E-state index is 0.0451. The second kappa shape index (κ2) is 7.32. The summed E-state index contributed by atoms with van der Waals surface area (Å²) in [5.41, 5.74) is 4.39. The van der Waals surface area contributed by atoms with Crippen molar-refractivity contribution in [3.8, 4) is 5.75 Å². The van der Waals surface area contributed by atoms with Gasteiger partial charge >= 0.3 is 0 Å². The first-order valence-corrected chi connectivity index (χ1v) is 8.99. The third kappa shape index (κ3) is 4.13. The van der Waals surface area contributed by atoms with Gasteiger partial charge in [0.2, 0.25) is 5.91 Å². The number of benzene rings is 1. The molecule has 1 aromatic carbocycles. The van der Waals surface area contributed by atoms with E-state index in [-0.39, 0.29) is 17.4 Å². The molecular formula is C22H26N2O2. The Balaban J connectivity index is 1.99. The summed E-state index contributed by atoms with van der Waals surface area (Å²) in [6.45, 7) is 6.62. The minimum Gasteiger partial charge on any atom is -0.495 e. The van der Waals surface area contributed by atoms with Crippen LogP contribution in [0.25, 0.3) is 5.57 Å². The summed E-state index contributed by atoms with van der Waals surface area (Å²) < 4.78 is 5.22. The van der Waals surface area contributed by atoms with Crippen LogP contribution in [0.2, 0.25) is 0 Å². The number of amides is 1. The molecule has 26 heavy (non-hydrogen) atoms. The van der Waals surface area contributed by atoms with Crippen molar-refractivity contribution in [3.63, 3.8) is 0 Å². The van der Waals surface area contributed by atoms with Crippen LogP contribution in [-0.4, -0.2) is 24.0 Å². The van der Waals surface area contributed by atoms with Crippen molar-refractivity contribution in [2.45, 2.75) is 45.1 Å². The number of carbonyl (C=O) groups is 1. The predicted octanol–water partition coefficient (Wildman–Crippen LogP) is 4.10. The van der Waals surface area contributed by atoms with E-state index >= 15 is 0 Å². The molecule has 1 amide bonds. The molecule has 1 aliphatic heterocycles. The molecule has 1 N–H and O–H groups in total. The lowest BCUT2D eigenvalue weighted by atomic mass is 9.86. The highest BCUT2D eigenvalue weighted by atomic mass is 16.5. The van der Waals surface area contributed by atoms with Crippen molar-refractivity contribution < 1.29 is 9.53 Å². The van der Waals surface area contributed by atoms with Crippen molar-refractivity contribution in [2.24, 2.45) is 0 Å². The maximum Gasteiger partial charge on any atom is 0.220 e. The molecule has 1 aliphatic rings. The normalized spacial score (nSPS) is 17.9. The van der Waals surface area contributed by atoms with Crippen LogP contribution >= 0.6 is 0 Å². The number of hydrogen-bond donors (Lipinski definition) is 1. The zero-order valence-corrected chi connectivity index (χ0v) is 15.9. The van der Waals surface area contributed by atoms with E-state index in [1.807, 2.05) is 12.1 Å². The zero-order chi connectivity index (χ0) is 18.7. The van der Waals surface area contributed by atoms with Crippen LogP contribution < -0.4 is 10.1 Å². The molecule has 1 fully saturated rings. The lowest BCUT2D eigenvalue weighted by Gasteiger charge is -2.20. The molecule has 2 aromatic rings. The lowest BCUT2D eigenvalue weighted by molar-refractivity contribution is -0.119. The Hall–Kier alpha value is -2.62. The molecular weight excluding hydrogens is 324 g/mol. The first kappa shape index (κ1) is 18.2. The first-order chi connectivity index (χ1) is 12.4. The summed E-state index contributed by atoms with van der Waals surface area (Å²) in [5.74, 6) is 0.835. The fourth-order valence-electron chi connectivity index (χ4n) is 3.10. The van der Waals surface area contributed by atoms with Gasteiger partial charge in [-0.3, -0.25) is 9.78 Å². The highest BCUT2D eigenvalue weighted by Gasteiger charge is 2.21. The molecule has 1 atom stereocenters. The number of aromatic nitrogens is 1. The van der Waals surface area contributed by atoms with Crippen LogP contribution in [0, 0.1) is 0 Å². The van der Waals surface area contributed by atoms with Gasteiger partial charge in [-0.2, -0.15) is 0 Å². The number of nitrogens with zero attached hydrogens (tertiary/aromatic N) is 1. The maximum absolute atomic E-state index is 11.6. The number of carbonyl (C=O) groups excluding carboxylic acids is 1. The SMILES string of the molecule is COc1ccc(/C(=C/[C@H]2CCC(=O)N2)c2ccc(C(C)(C)C)cc2)nc1. The Kier molecular flexibility index (Phi) is 5.12. The molecule has 136 valence electrons. The Bertz CT molecular complexity index is 800. The highest BCUT2D eigenvalue weighted by Crippen LogP contribution is 2.28. The van der Waals surface area contributed by atoms with Gasteiger partial charge in [0.15, 0.2) is 0 Å². The van der Waals surface area contributed by atoms with E-state index in [4.69, 9.17) is 4.74 Å². The number of ether oxygens (including phenoxy) is 1. The Morgan fingerprint density at radius 1 is 1.19 bits per heavy atom. The average Bonchev–Trinajstić information content (AvgIpc) is 3.04. The van der Waals surface area contributed by atoms with Crippen molar-refractivity contribution in [2.75, 3.05) is 7.11 Å². The van der Waals surface area contributed by atoms with Crippen molar-refractivity contribution >= 4 is 11.5 Å². The average molecular weight is 350 g/mol. The van der Waals surface area contributed by atoms with Crippen molar-refractivity contribution in [3.05, 3.63) is 65.5 Å². The fraction of sp³-hybridized carbons (Fsp3) is 0.364. The summed E-state index contributed by atoms with van der Waals surface area (Å²) in [4.78, 5) is 16.1. The molecule has 0 unspecified atom stereocenters. The summed E-state index contributed by atoms with van der Waals surface area (Å²) >= 11 is 0. The Morgan fingerprint density at radius 2 is 1.92 bits per heavy atom. The van der Waals surface area contributed by atoms with Gasteiger partial charge in [0.1, 0.15) is 5.75 Å². The van der Waals surface area contributed by atoms with E-state index in [2.05, 4.69) is 61.4 Å². The van der Waals surface area contributed by atoms with Crippen LogP contribution in [0.5, 0.6) is 5.75 Å². The topological polar surface area (TPSA) is 51.2 Å². The summed E-state index contributed by atoms with van der Waals surface area (Å²) in [6.07, 6.45) is 5.23. The molecule has 0 bridgehead atoms. The molecule has 4 heteroatoms. The molecule has 3 rings (SSSR count). The van der Waals surface area contributed by atoms with Crippen LogP contribution in [0.3, 0.4) is 0 Å². The van der Waals surface area contributed by atoms with E-state index in [0.717, 1.165) is 29.0 Å². The zero-order valence-electron chi connectivity index (χ0n) is 15.9. The molecule has 1 saturated heterocycles. The van der Waals surface area contributed by atoms with Gasteiger partial charge in [-0.15, -0.1) is 0 Å². The summed E-state index contributed by atoms with van der Waals surface area (Å²) in [5, 5.41) is 3.01. The fourth-order valence-corrected chi connectivity index (χ4v) is 3.10. The molecule has 0 saturated carbocycles. The highest BCUT2D eigenvalue weighted by molar-refractivity contribution is 5.82. The lowest BCUT2D eigenvalue weighted by Crippen LogP contribution is -2.23. The summed E-state index contributed by atoms with van der Waals surface area (Å²) in [6, 6.07) is 12.5. The predicted molar refractivity (Wildman–Crippen MR) is 104 cm³/mol. The van der Waals surface area contributed by atoms with E-state index in [9.17, 15) is 4.79 Å². The standard InChI is InChI=1S/C22H26N2O2/c1-22(2,3)16-7-5-15(6-8-16)19(13-17-9-12-21(25)24-17)20-11-10-18(26-4)14-23-20/h5-8,10-11,13-14,17H,9,12H2,1-4H3,(H,24,25)/b19-13+/t17-/m1/s1. The number of nitrogens with one attached hydrogen (secondary N) is 1. The van der Waals surface area contributed by atoms with E-state index in [0.29, 0.717) is 6.42 Å². The minimum atomic E-state index is 0.0451. The quantitative estimate of drug-likeness (QED) is 0.903. The second-order valence-electron chi connectivity index (χ2n) is 7.70. The van der Waals surface area contributed by atoms with Gasteiger partial charge in [0.25, 0.3) is 0 Å². The second-order valence-corrected chi connectivity index (χ2v) is 7.70. The molecule has 1 aromatic heterocycles. The van der Waals surface area contributed by atoms with E-state index < -0.39 is 0 Å². The summed E-state index contributed by atoms with van der Waals surface area (Å²) in [7, 11) is 1.63. The van der Waals surface area contributed by atoms with Gasteiger partial charge in [-0.05, 0) is 35.1 Å². The van der Waals surface area contributed by atoms with Crippen LogP contribution in [0.1, 0.15) is 50.4 Å². The van der Waals surface area contributed by atoms with Crippen molar-refractivity contribution in [1.82, 2.24) is 10.3 Å². The van der Waals surface area contributed by atoms with Gasteiger partial charge in [0, 0.05) is 18.0 Å². The first-order valence-electron chi connectivity index (χ1n) is 8.99. The monoisotopic (exact) mass is 350 g/mol. The molecule has 0 radical (unpaired) electrons. The molecule has 0 aliphatic carbocycles. The van der Waals surface area contributed by atoms with Gasteiger partial charge in [-0.1, -0.05) is 51.1 Å². The van der Waals surface area contributed by atoms with E-state index in [1.54, 1.807) is 13.3 Å². The smallest absolute Gasteiger partial charge is 0.220 e.